The highest BCUT2D eigenvalue weighted by atomic mass is 31.0. The zero-order valence-electron chi connectivity index (χ0n) is 10.5. The topological polar surface area (TPSA) is 12.0 Å². The molecule has 2 heteroatoms. The Balaban J connectivity index is 2.28. The molecule has 19 heavy (non-hydrogen) atoms. The van der Waals surface area contributed by atoms with Gasteiger partial charge in [-0.2, -0.15) is 0 Å². The number of rotatable bonds is 2. The molecule has 0 aliphatic rings. The highest BCUT2D eigenvalue weighted by Crippen LogP contribution is 2.35. The molecule has 0 aliphatic heterocycles. The number of nitrogens with one attached hydrogen (secondary N) is 1. The molecule has 0 heterocycles. The molecule has 1 N–H and O–H groups in total. The lowest BCUT2D eigenvalue weighted by atomic mass is 9.92. The Morgan fingerprint density at radius 1 is 0.737 bits per heavy atom. The molecule has 0 saturated carbocycles. The van der Waals surface area contributed by atoms with E-state index in [9.17, 15) is 0 Å². The van der Waals surface area contributed by atoms with Crippen molar-refractivity contribution in [1.82, 2.24) is 5.09 Å². The van der Waals surface area contributed by atoms with Gasteiger partial charge in [-0.15, -0.1) is 0 Å². The normalized spacial score (nSPS) is 11.8. The third-order valence-electron chi connectivity index (χ3n) is 3.91. The third kappa shape index (κ3) is 1.56. The SMILES string of the molecule is PNCc1ccc2ccc3cccc4ccc1c2c34. The van der Waals surface area contributed by atoms with E-state index in [4.69, 9.17) is 0 Å². The summed E-state index contributed by atoms with van der Waals surface area (Å²) in [4.78, 5) is 0. The van der Waals surface area contributed by atoms with Gasteiger partial charge in [0.05, 0.1) is 0 Å². The van der Waals surface area contributed by atoms with Crippen LogP contribution in [0.15, 0.2) is 54.6 Å². The minimum Gasteiger partial charge on any atom is -0.296 e. The molecule has 0 aromatic heterocycles. The van der Waals surface area contributed by atoms with Gasteiger partial charge in [0.1, 0.15) is 0 Å². The molecule has 4 aromatic carbocycles. The number of hydrogen-bond acceptors (Lipinski definition) is 1. The van der Waals surface area contributed by atoms with Gasteiger partial charge in [-0.1, -0.05) is 64.0 Å². The van der Waals surface area contributed by atoms with Crippen LogP contribution in [-0.2, 0) is 6.54 Å². The number of hydrogen-bond donors (Lipinski definition) is 1. The predicted octanol–water partition coefficient (Wildman–Crippen LogP) is 4.46. The van der Waals surface area contributed by atoms with Crippen LogP contribution in [0.3, 0.4) is 0 Å². The largest absolute Gasteiger partial charge is 0.296 e. The summed E-state index contributed by atoms with van der Waals surface area (Å²) in [7, 11) is 2.58. The van der Waals surface area contributed by atoms with Crippen LogP contribution in [0.2, 0.25) is 0 Å². The van der Waals surface area contributed by atoms with E-state index in [0.717, 1.165) is 6.54 Å². The fraction of sp³-hybridized carbons (Fsp3) is 0.0588. The van der Waals surface area contributed by atoms with Crippen molar-refractivity contribution in [3.8, 4) is 0 Å². The molecule has 1 nitrogen and oxygen atoms in total. The lowest BCUT2D eigenvalue weighted by molar-refractivity contribution is 0.990. The lowest BCUT2D eigenvalue weighted by Gasteiger charge is -2.13. The second-order valence-electron chi connectivity index (χ2n) is 4.96. The van der Waals surface area contributed by atoms with Crippen LogP contribution in [0.5, 0.6) is 0 Å². The fourth-order valence-corrected chi connectivity index (χ4v) is 3.28. The minimum absolute atomic E-state index is 0.874. The monoisotopic (exact) mass is 263 g/mol. The highest BCUT2D eigenvalue weighted by Gasteiger charge is 2.09. The molecule has 92 valence electrons. The van der Waals surface area contributed by atoms with E-state index in [1.807, 2.05) is 0 Å². The van der Waals surface area contributed by atoms with Gasteiger partial charge in [-0.25, -0.2) is 0 Å². The summed E-state index contributed by atoms with van der Waals surface area (Å²) in [5.74, 6) is 0. The Morgan fingerprint density at radius 2 is 1.37 bits per heavy atom. The van der Waals surface area contributed by atoms with E-state index in [0.29, 0.717) is 0 Å². The summed E-state index contributed by atoms with van der Waals surface area (Å²) < 4.78 is 0. The second kappa shape index (κ2) is 4.16. The summed E-state index contributed by atoms with van der Waals surface area (Å²) >= 11 is 0. The van der Waals surface area contributed by atoms with Crippen LogP contribution < -0.4 is 5.09 Å². The summed E-state index contributed by atoms with van der Waals surface area (Å²) in [6, 6.07) is 19.9. The average Bonchev–Trinajstić information content (AvgIpc) is 2.46. The van der Waals surface area contributed by atoms with Gasteiger partial charge in [0.25, 0.3) is 0 Å². The van der Waals surface area contributed by atoms with Crippen LogP contribution in [0.25, 0.3) is 32.3 Å². The summed E-state index contributed by atoms with van der Waals surface area (Å²) in [6.07, 6.45) is 0. The molecule has 0 aliphatic carbocycles. The minimum atomic E-state index is 0.874. The zero-order valence-corrected chi connectivity index (χ0v) is 11.6. The first-order valence-corrected chi connectivity index (χ1v) is 7.05. The first-order valence-electron chi connectivity index (χ1n) is 6.47. The van der Waals surface area contributed by atoms with E-state index in [1.165, 1.54) is 37.9 Å². The Morgan fingerprint density at radius 3 is 2.11 bits per heavy atom. The highest BCUT2D eigenvalue weighted by molar-refractivity contribution is 7.13. The van der Waals surface area contributed by atoms with E-state index in [-0.39, 0.29) is 0 Å². The first-order chi connectivity index (χ1) is 9.38. The van der Waals surface area contributed by atoms with Crippen molar-refractivity contribution in [3.05, 3.63) is 60.2 Å². The van der Waals surface area contributed by atoms with Crippen LogP contribution in [0.4, 0.5) is 0 Å². The van der Waals surface area contributed by atoms with E-state index in [1.54, 1.807) is 0 Å². The fourth-order valence-electron chi connectivity index (χ4n) is 3.06. The maximum Gasteiger partial charge on any atom is 0.0243 e. The molecular weight excluding hydrogens is 249 g/mol. The van der Waals surface area contributed by atoms with Crippen LogP contribution in [0.1, 0.15) is 5.56 Å². The summed E-state index contributed by atoms with van der Waals surface area (Å²) in [5.41, 5.74) is 1.35. The molecule has 0 saturated heterocycles. The standard InChI is InChI=1S/C17H14NP/c19-18-10-14-7-6-13-5-4-11-2-1-3-12-8-9-15(14)17(13)16(11)12/h1-9,18H,10,19H2. The van der Waals surface area contributed by atoms with Crippen molar-refractivity contribution < 1.29 is 0 Å². The van der Waals surface area contributed by atoms with Gasteiger partial charge in [0, 0.05) is 6.54 Å². The Hall–Kier alpha value is -1.69. The van der Waals surface area contributed by atoms with Gasteiger partial charge < -0.3 is 0 Å². The smallest absolute Gasteiger partial charge is 0.0243 e. The quantitative estimate of drug-likeness (QED) is 0.416. The van der Waals surface area contributed by atoms with Gasteiger partial charge in [0.15, 0.2) is 0 Å². The predicted molar refractivity (Wildman–Crippen MR) is 86.7 cm³/mol. The Kier molecular flexibility index (Phi) is 2.44. The molecule has 1 unspecified atom stereocenters. The third-order valence-corrected chi connectivity index (χ3v) is 4.12. The zero-order chi connectivity index (χ0) is 12.8. The molecule has 0 radical (unpaired) electrons. The molecule has 0 fully saturated rings. The molecular formula is C17H14NP. The summed E-state index contributed by atoms with van der Waals surface area (Å²) in [5, 5.41) is 11.3. The van der Waals surface area contributed by atoms with Crippen molar-refractivity contribution in [2.45, 2.75) is 6.54 Å². The second-order valence-corrected chi connectivity index (χ2v) is 5.37. The Labute approximate surface area is 114 Å². The molecule has 4 aromatic rings. The van der Waals surface area contributed by atoms with Crippen molar-refractivity contribution in [2.24, 2.45) is 0 Å². The van der Waals surface area contributed by atoms with Crippen LogP contribution >= 0.6 is 9.39 Å². The maximum atomic E-state index is 3.17. The maximum absolute atomic E-state index is 3.17. The van der Waals surface area contributed by atoms with Gasteiger partial charge in [-0.05, 0) is 37.9 Å². The van der Waals surface area contributed by atoms with E-state index >= 15 is 0 Å². The lowest BCUT2D eigenvalue weighted by Crippen LogP contribution is -1.98. The number of benzene rings is 4. The molecule has 0 bridgehead atoms. The average molecular weight is 263 g/mol. The van der Waals surface area contributed by atoms with Crippen molar-refractivity contribution in [2.75, 3.05) is 0 Å². The molecule has 0 spiro atoms. The molecule has 4 rings (SSSR count). The van der Waals surface area contributed by atoms with Crippen LogP contribution in [-0.4, -0.2) is 0 Å². The van der Waals surface area contributed by atoms with E-state index < -0.39 is 0 Å². The van der Waals surface area contributed by atoms with Crippen molar-refractivity contribution in [3.63, 3.8) is 0 Å². The van der Waals surface area contributed by atoms with Crippen molar-refractivity contribution >= 4 is 41.7 Å². The van der Waals surface area contributed by atoms with Crippen molar-refractivity contribution in [1.29, 1.82) is 0 Å². The molecule has 1 atom stereocenters. The van der Waals surface area contributed by atoms with Gasteiger partial charge >= 0.3 is 0 Å². The Bertz CT molecular complexity index is 866. The van der Waals surface area contributed by atoms with Gasteiger partial charge in [-0.3, -0.25) is 5.09 Å². The van der Waals surface area contributed by atoms with E-state index in [2.05, 4.69) is 69.1 Å². The van der Waals surface area contributed by atoms with Crippen LogP contribution in [0, 0.1) is 0 Å². The summed E-state index contributed by atoms with van der Waals surface area (Å²) in [6.45, 7) is 0.874. The van der Waals surface area contributed by atoms with Gasteiger partial charge in [0.2, 0.25) is 0 Å². The first kappa shape index (κ1) is 11.2. The molecule has 0 amide bonds.